The number of nitrogens with zero attached hydrogens (tertiary/aromatic N) is 1. The monoisotopic (exact) mass is 412 g/mol. The molecule has 0 spiro atoms. The predicted octanol–water partition coefficient (Wildman–Crippen LogP) is 4.11. The van der Waals surface area contributed by atoms with Crippen LogP contribution in [0.4, 0.5) is 5.69 Å². The van der Waals surface area contributed by atoms with Gasteiger partial charge in [0.2, 0.25) is 5.91 Å². The number of hydrogen-bond acceptors (Lipinski definition) is 4. The summed E-state index contributed by atoms with van der Waals surface area (Å²) in [4.78, 5) is 29.8. The van der Waals surface area contributed by atoms with Crippen molar-refractivity contribution < 1.29 is 14.3 Å². The summed E-state index contributed by atoms with van der Waals surface area (Å²) in [5.41, 5.74) is 4.28. The molecule has 0 unspecified atom stereocenters. The van der Waals surface area contributed by atoms with Crippen LogP contribution in [0.1, 0.15) is 50.5 Å². The fourth-order valence-electron chi connectivity index (χ4n) is 4.09. The fraction of sp³-hybridized carbons (Fsp3) is 0.478. The van der Waals surface area contributed by atoms with Crippen LogP contribution in [0.2, 0.25) is 0 Å². The maximum atomic E-state index is 13.2. The Balaban J connectivity index is 1.49. The molecule has 1 atom stereocenters. The third-order valence-corrected chi connectivity index (χ3v) is 7.13. The number of rotatable bonds is 6. The number of nitrogens with one attached hydrogen (secondary N) is 1. The number of ether oxygens (including phenoxy) is 1. The van der Waals surface area contributed by atoms with Crippen molar-refractivity contribution in [2.24, 2.45) is 0 Å². The number of aryl methyl sites for hydroxylation is 3. The standard InChI is InChI=1S/C23H28N2O3S/c1-15-6-3-9-19(16(15)2)24-22(26)14-25(13-18-8-5-11-28-18)23(27)21-12-17-7-4-10-20(17)29-21/h3,6,9,12,18H,4-5,7-8,10-11,13-14H2,1-2H3,(H,24,26)/t18-/m0/s1. The van der Waals surface area contributed by atoms with Gasteiger partial charge >= 0.3 is 0 Å². The van der Waals surface area contributed by atoms with Crippen molar-refractivity contribution in [3.63, 3.8) is 0 Å². The molecule has 154 valence electrons. The molecule has 1 aliphatic heterocycles. The molecular formula is C23H28N2O3S. The lowest BCUT2D eigenvalue weighted by Crippen LogP contribution is -2.42. The number of carbonyl (C=O) groups excluding carboxylic acids is 2. The molecule has 29 heavy (non-hydrogen) atoms. The highest BCUT2D eigenvalue weighted by molar-refractivity contribution is 7.14. The summed E-state index contributed by atoms with van der Waals surface area (Å²) in [7, 11) is 0. The molecule has 6 heteroatoms. The van der Waals surface area contributed by atoms with E-state index in [-0.39, 0.29) is 24.5 Å². The van der Waals surface area contributed by atoms with E-state index in [0.717, 1.165) is 54.0 Å². The molecule has 2 aliphatic rings. The maximum absolute atomic E-state index is 13.2. The molecular weight excluding hydrogens is 384 g/mol. The summed E-state index contributed by atoms with van der Waals surface area (Å²) in [5.74, 6) is -0.231. The van der Waals surface area contributed by atoms with E-state index in [4.69, 9.17) is 4.74 Å². The van der Waals surface area contributed by atoms with E-state index in [9.17, 15) is 9.59 Å². The minimum absolute atomic E-state index is 0.0132. The van der Waals surface area contributed by atoms with E-state index in [1.807, 2.05) is 38.1 Å². The van der Waals surface area contributed by atoms with Gasteiger partial charge < -0.3 is 15.0 Å². The van der Waals surface area contributed by atoms with Crippen LogP contribution >= 0.6 is 11.3 Å². The van der Waals surface area contributed by atoms with Gasteiger partial charge in [-0.25, -0.2) is 0 Å². The summed E-state index contributed by atoms with van der Waals surface area (Å²) >= 11 is 1.59. The molecule has 1 saturated heterocycles. The van der Waals surface area contributed by atoms with Crippen LogP contribution in [0, 0.1) is 13.8 Å². The number of thiophene rings is 1. The Morgan fingerprint density at radius 3 is 2.86 bits per heavy atom. The molecule has 4 rings (SSSR count). The minimum Gasteiger partial charge on any atom is -0.376 e. The Bertz CT molecular complexity index is 893. The average molecular weight is 413 g/mol. The number of hydrogen-bond donors (Lipinski definition) is 1. The summed E-state index contributed by atoms with van der Waals surface area (Å²) < 4.78 is 5.74. The van der Waals surface area contributed by atoms with Gasteiger partial charge in [-0.3, -0.25) is 9.59 Å². The van der Waals surface area contributed by atoms with Crippen LogP contribution < -0.4 is 5.32 Å². The minimum atomic E-state index is -0.172. The molecule has 5 nitrogen and oxygen atoms in total. The van der Waals surface area contributed by atoms with Crippen molar-refractivity contribution in [2.75, 3.05) is 25.0 Å². The van der Waals surface area contributed by atoms with E-state index in [2.05, 4.69) is 5.32 Å². The molecule has 0 radical (unpaired) electrons. The Kier molecular flexibility index (Phi) is 6.01. The van der Waals surface area contributed by atoms with Gasteiger partial charge in [-0.2, -0.15) is 0 Å². The Morgan fingerprint density at radius 1 is 1.24 bits per heavy atom. The first-order valence-corrected chi connectivity index (χ1v) is 11.2. The van der Waals surface area contributed by atoms with Crippen molar-refractivity contribution in [1.29, 1.82) is 0 Å². The lowest BCUT2D eigenvalue weighted by molar-refractivity contribution is -0.117. The van der Waals surface area contributed by atoms with Crippen molar-refractivity contribution in [2.45, 2.75) is 52.1 Å². The zero-order valence-electron chi connectivity index (χ0n) is 17.1. The number of carbonyl (C=O) groups is 2. The highest BCUT2D eigenvalue weighted by Gasteiger charge is 2.28. The second-order valence-corrected chi connectivity index (χ2v) is 9.17. The summed E-state index contributed by atoms with van der Waals surface area (Å²) in [6.45, 7) is 5.24. The smallest absolute Gasteiger partial charge is 0.264 e. The van der Waals surface area contributed by atoms with E-state index in [1.54, 1.807) is 16.2 Å². The molecule has 1 fully saturated rings. The number of benzene rings is 1. The average Bonchev–Trinajstić information content (AvgIpc) is 3.42. The molecule has 0 saturated carbocycles. The third-order valence-electron chi connectivity index (χ3n) is 5.91. The van der Waals surface area contributed by atoms with Crippen molar-refractivity contribution in [3.05, 3.63) is 50.7 Å². The quantitative estimate of drug-likeness (QED) is 0.777. The first kappa shape index (κ1) is 20.1. The predicted molar refractivity (Wildman–Crippen MR) is 116 cm³/mol. The van der Waals surface area contributed by atoms with Gasteiger partial charge in [-0.15, -0.1) is 11.3 Å². The molecule has 2 amide bonds. The third kappa shape index (κ3) is 4.54. The summed E-state index contributed by atoms with van der Waals surface area (Å²) in [6.07, 6.45) is 5.24. The van der Waals surface area contributed by atoms with E-state index < -0.39 is 0 Å². The van der Waals surface area contributed by atoms with Gasteiger partial charge in [-0.05, 0) is 74.8 Å². The molecule has 1 aromatic carbocycles. The van der Waals surface area contributed by atoms with Crippen LogP contribution in [0.5, 0.6) is 0 Å². The van der Waals surface area contributed by atoms with Crippen LogP contribution in [0.3, 0.4) is 0 Å². The van der Waals surface area contributed by atoms with Crippen LogP contribution in [0.25, 0.3) is 0 Å². The second-order valence-electron chi connectivity index (χ2n) is 8.03. The summed E-state index contributed by atoms with van der Waals surface area (Å²) in [6, 6.07) is 7.88. The van der Waals surface area contributed by atoms with Crippen LogP contribution in [-0.2, 0) is 22.4 Å². The van der Waals surface area contributed by atoms with Crippen LogP contribution in [0.15, 0.2) is 24.3 Å². The van der Waals surface area contributed by atoms with Crippen LogP contribution in [-0.4, -0.2) is 42.5 Å². The number of anilines is 1. The largest absolute Gasteiger partial charge is 0.376 e. The second kappa shape index (κ2) is 8.67. The normalized spacial score (nSPS) is 17.9. The van der Waals surface area contributed by atoms with Gasteiger partial charge in [0.1, 0.15) is 6.54 Å². The molecule has 1 aliphatic carbocycles. The number of amides is 2. The van der Waals surface area contributed by atoms with Crippen molar-refractivity contribution in [1.82, 2.24) is 4.90 Å². The molecule has 1 N–H and O–H groups in total. The lowest BCUT2D eigenvalue weighted by atomic mass is 10.1. The molecule has 2 aromatic rings. The maximum Gasteiger partial charge on any atom is 0.264 e. The van der Waals surface area contributed by atoms with Gasteiger partial charge in [0.05, 0.1) is 11.0 Å². The number of fused-ring (bicyclic) bond motifs is 1. The molecule has 0 bridgehead atoms. The highest BCUT2D eigenvalue weighted by atomic mass is 32.1. The topological polar surface area (TPSA) is 58.6 Å². The van der Waals surface area contributed by atoms with E-state index in [1.165, 1.54) is 16.9 Å². The SMILES string of the molecule is Cc1cccc(NC(=O)CN(C[C@@H]2CCCO2)C(=O)c2cc3c(s2)CCC3)c1C. The Labute approximate surface area is 176 Å². The zero-order valence-corrected chi connectivity index (χ0v) is 17.9. The fourth-order valence-corrected chi connectivity index (χ4v) is 5.31. The van der Waals surface area contributed by atoms with E-state index >= 15 is 0 Å². The van der Waals surface area contributed by atoms with Gasteiger partial charge in [0, 0.05) is 23.7 Å². The van der Waals surface area contributed by atoms with Gasteiger partial charge in [0.25, 0.3) is 5.91 Å². The van der Waals surface area contributed by atoms with Crippen molar-refractivity contribution in [3.8, 4) is 0 Å². The lowest BCUT2D eigenvalue weighted by Gasteiger charge is -2.25. The first-order chi connectivity index (χ1) is 14.0. The Morgan fingerprint density at radius 2 is 2.10 bits per heavy atom. The zero-order chi connectivity index (χ0) is 20.4. The van der Waals surface area contributed by atoms with Gasteiger partial charge in [0.15, 0.2) is 0 Å². The molecule has 1 aromatic heterocycles. The first-order valence-electron chi connectivity index (χ1n) is 10.4. The van der Waals surface area contributed by atoms with Gasteiger partial charge in [-0.1, -0.05) is 12.1 Å². The Hall–Kier alpha value is -2.18. The summed E-state index contributed by atoms with van der Waals surface area (Å²) in [5, 5.41) is 2.98. The van der Waals surface area contributed by atoms with Crippen molar-refractivity contribution >= 4 is 28.8 Å². The highest BCUT2D eigenvalue weighted by Crippen LogP contribution is 2.31. The van der Waals surface area contributed by atoms with E-state index in [0.29, 0.717) is 6.54 Å². The molecule has 2 heterocycles.